The SMILES string of the molecule is CC(CNc1ncc(C(F)(F)F)s1)CN1CCOCC1. The van der Waals surface area contributed by atoms with Gasteiger partial charge in [-0.05, 0) is 5.92 Å². The Kier molecular flexibility index (Phi) is 5.22. The summed E-state index contributed by atoms with van der Waals surface area (Å²) in [6.45, 7) is 6.93. The van der Waals surface area contributed by atoms with E-state index in [0.717, 1.165) is 39.0 Å². The lowest BCUT2D eigenvalue weighted by Crippen LogP contribution is -2.40. The molecule has 1 aromatic heterocycles. The molecule has 0 aliphatic carbocycles. The lowest BCUT2D eigenvalue weighted by molar-refractivity contribution is -0.134. The Morgan fingerprint density at radius 2 is 2.15 bits per heavy atom. The third kappa shape index (κ3) is 4.60. The molecular formula is C12H18F3N3OS. The zero-order valence-corrected chi connectivity index (χ0v) is 12.1. The van der Waals surface area contributed by atoms with E-state index in [4.69, 9.17) is 4.74 Å². The maximum atomic E-state index is 12.4. The number of aromatic nitrogens is 1. The number of anilines is 1. The second-order valence-electron chi connectivity index (χ2n) is 4.93. The van der Waals surface area contributed by atoms with Crippen LogP contribution in [0.1, 0.15) is 11.8 Å². The summed E-state index contributed by atoms with van der Waals surface area (Å²) in [5.41, 5.74) is 0. The molecule has 1 aliphatic heterocycles. The standard InChI is InChI=1S/C12H18F3N3OS/c1-9(8-18-2-4-19-5-3-18)6-16-11-17-7-10(20-11)12(13,14)15/h7,9H,2-6,8H2,1H3,(H,16,17). The van der Waals surface area contributed by atoms with E-state index in [2.05, 4.69) is 22.1 Å². The van der Waals surface area contributed by atoms with Gasteiger partial charge >= 0.3 is 6.18 Å². The molecule has 4 nitrogen and oxygen atoms in total. The maximum Gasteiger partial charge on any atom is 0.427 e. The van der Waals surface area contributed by atoms with E-state index in [-0.39, 0.29) is 0 Å². The van der Waals surface area contributed by atoms with Crippen molar-refractivity contribution in [3.05, 3.63) is 11.1 Å². The Balaban J connectivity index is 1.75. The highest BCUT2D eigenvalue weighted by atomic mass is 32.1. The Bertz CT molecular complexity index is 418. The minimum atomic E-state index is -4.31. The van der Waals surface area contributed by atoms with E-state index in [1.54, 1.807) is 0 Å². The molecule has 8 heteroatoms. The number of morpholine rings is 1. The van der Waals surface area contributed by atoms with E-state index in [1.165, 1.54) is 0 Å². The fourth-order valence-corrected chi connectivity index (χ4v) is 2.73. The summed E-state index contributed by atoms with van der Waals surface area (Å²) in [7, 11) is 0. The van der Waals surface area contributed by atoms with Crippen molar-refractivity contribution >= 4 is 16.5 Å². The molecule has 1 unspecified atom stereocenters. The average Bonchev–Trinajstić information content (AvgIpc) is 2.86. The van der Waals surface area contributed by atoms with Gasteiger partial charge in [-0.3, -0.25) is 4.90 Å². The molecule has 0 saturated carbocycles. The molecular weight excluding hydrogens is 291 g/mol. The molecule has 0 amide bonds. The Morgan fingerprint density at radius 3 is 2.75 bits per heavy atom. The number of thiazole rings is 1. The predicted octanol–water partition coefficient (Wildman–Crippen LogP) is 2.54. The second kappa shape index (κ2) is 6.73. The van der Waals surface area contributed by atoms with Crippen molar-refractivity contribution < 1.29 is 17.9 Å². The molecule has 20 heavy (non-hydrogen) atoms. The number of nitrogens with zero attached hydrogens (tertiary/aromatic N) is 2. The zero-order valence-electron chi connectivity index (χ0n) is 11.2. The topological polar surface area (TPSA) is 37.4 Å². The lowest BCUT2D eigenvalue weighted by Gasteiger charge is -2.29. The molecule has 1 aliphatic rings. The fourth-order valence-electron chi connectivity index (χ4n) is 2.04. The van der Waals surface area contributed by atoms with Gasteiger partial charge < -0.3 is 10.1 Å². The van der Waals surface area contributed by atoms with E-state index in [0.29, 0.717) is 28.9 Å². The van der Waals surface area contributed by atoms with Gasteiger partial charge in [-0.2, -0.15) is 13.2 Å². The Labute approximate surface area is 119 Å². The number of rotatable bonds is 5. The highest BCUT2D eigenvalue weighted by molar-refractivity contribution is 7.15. The first kappa shape index (κ1) is 15.5. The van der Waals surface area contributed by atoms with E-state index in [9.17, 15) is 13.2 Å². The smallest absolute Gasteiger partial charge is 0.379 e. The quantitative estimate of drug-likeness (QED) is 0.907. The molecule has 1 saturated heterocycles. The van der Waals surface area contributed by atoms with Gasteiger partial charge in [0.1, 0.15) is 4.88 Å². The van der Waals surface area contributed by atoms with Gasteiger partial charge in [0, 0.05) is 26.2 Å². The van der Waals surface area contributed by atoms with Crippen LogP contribution < -0.4 is 5.32 Å². The summed E-state index contributed by atoms with van der Waals surface area (Å²) in [6.07, 6.45) is -3.43. The van der Waals surface area contributed by atoms with Crippen LogP contribution >= 0.6 is 11.3 Å². The largest absolute Gasteiger partial charge is 0.427 e. The van der Waals surface area contributed by atoms with Gasteiger partial charge in [0.05, 0.1) is 19.4 Å². The number of alkyl halides is 3. The Hall–Kier alpha value is -0.860. The summed E-state index contributed by atoms with van der Waals surface area (Å²) in [5.74, 6) is 0.339. The monoisotopic (exact) mass is 309 g/mol. The molecule has 1 atom stereocenters. The molecule has 0 spiro atoms. The van der Waals surface area contributed by atoms with Crippen LogP contribution in [0.4, 0.5) is 18.3 Å². The summed E-state index contributed by atoms with van der Waals surface area (Å²) in [4.78, 5) is 5.39. The van der Waals surface area contributed by atoms with Crippen LogP contribution in [0.15, 0.2) is 6.20 Å². The van der Waals surface area contributed by atoms with E-state index >= 15 is 0 Å². The molecule has 1 N–H and O–H groups in total. The molecule has 0 bridgehead atoms. The minimum Gasteiger partial charge on any atom is -0.379 e. The fraction of sp³-hybridized carbons (Fsp3) is 0.750. The average molecular weight is 309 g/mol. The number of nitrogens with one attached hydrogen (secondary N) is 1. The molecule has 114 valence electrons. The first-order valence-electron chi connectivity index (χ1n) is 6.52. The van der Waals surface area contributed by atoms with Gasteiger partial charge in [-0.15, -0.1) is 0 Å². The van der Waals surface area contributed by atoms with Gasteiger partial charge in [0.2, 0.25) is 0 Å². The van der Waals surface area contributed by atoms with Crippen molar-refractivity contribution in [2.75, 3.05) is 44.7 Å². The molecule has 0 aromatic carbocycles. The predicted molar refractivity (Wildman–Crippen MR) is 72.0 cm³/mol. The second-order valence-corrected chi connectivity index (χ2v) is 5.96. The van der Waals surface area contributed by atoms with Crippen LogP contribution in [0.3, 0.4) is 0 Å². The zero-order chi connectivity index (χ0) is 14.6. The summed E-state index contributed by atoms with van der Waals surface area (Å²) < 4.78 is 42.6. The maximum absolute atomic E-state index is 12.4. The van der Waals surface area contributed by atoms with Gasteiger partial charge in [0.25, 0.3) is 0 Å². The van der Waals surface area contributed by atoms with Gasteiger partial charge in [-0.1, -0.05) is 18.3 Å². The summed E-state index contributed by atoms with van der Waals surface area (Å²) in [6, 6.07) is 0. The minimum absolute atomic E-state index is 0.325. The lowest BCUT2D eigenvalue weighted by atomic mass is 10.1. The first-order chi connectivity index (χ1) is 9.45. The number of hydrogen-bond donors (Lipinski definition) is 1. The Morgan fingerprint density at radius 1 is 1.45 bits per heavy atom. The van der Waals surface area contributed by atoms with E-state index < -0.39 is 11.1 Å². The van der Waals surface area contributed by atoms with Crippen molar-refractivity contribution in [1.82, 2.24) is 9.88 Å². The highest BCUT2D eigenvalue weighted by Gasteiger charge is 2.33. The normalized spacial score (nSPS) is 19.0. The third-order valence-corrected chi connectivity index (χ3v) is 4.06. The molecule has 1 aromatic rings. The summed E-state index contributed by atoms with van der Waals surface area (Å²) in [5, 5.41) is 3.30. The van der Waals surface area contributed by atoms with Gasteiger partial charge in [-0.25, -0.2) is 4.98 Å². The van der Waals surface area contributed by atoms with Crippen LogP contribution in [0.2, 0.25) is 0 Å². The number of hydrogen-bond acceptors (Lipinski definition) is 5. The van der Waals surface area contributed by atoms with Crippen LogP contribution in [-0.2, 0) is 10.9 Å². The first-order valence-corrected chi connectivity index (χ1v) is 7.34. The van der Waals surface area contributed by atoms with Crippen LogP contribution in [-0.4, -0.2) is 49.3 Å². The number of halogens is 3. The molecule has 2 rings (SSSR count). The van der Waals surface area contributed by atoms with Crippen LogP contribution in [0.5, 0.6) is 0 Å². The summed E-state index contributed by atoms with van der Waals surface area (Å²) >= 11 is 0.647. The van der Waals surface area contributed by atoms with Crippen molar-refractivity contribution in [2.24, 2.45) is 5.92 Å². The van der Waals surface area contributed by atoms with Crippen LogP contribution in [0, 0.1) is 5.92 Å². The molecule has 2 heterocycles. The van der Waals surface area contributed by atoms with Crippen molar-refractivity contribution in [2.45, 2.75) is 13.1 Å². The highest BCUT2D eigenvalue weighted by Crippen LogP contribution is 2.34. The van der Waals surface area contributed by atoms with Crippen molar-refractivity contribution in [1.29, 1.82) is 0 Å². The third-order valence-electron chi connectivity index (χ3n) is 3.06. The van der Waals surface area contributed by atoms with Crippen molar-refractivity contribution in [3.8, 4) is 0 Å². The van der Waals surface area contributed by atoms with E-state index in [1.807, 2.05) is 0 Å². The van der Waals surface area contributed by atoms with Crippen molar-refractivity contribution in [3.63, 3.8) is 0 Å². The molecule has 0 radical (unpaired) electrons. The van der Waals surface area contributed by atoms with Gasteiger partial charge in [0.15, 0.2) is 5.13 Å². The number of ether oxygens (including phenoxy) is 1. The van der Waals surface area contributed by atoms with Crippen LogP contribution in [0.25, 0.3) is 0 Å². The molecule has 1 fully saturated rings.